The highest BCUT2D eigenvalue weighted by molar-refractivity contribution is 5.43. The van der Waals surface area contributed by atoms with Crippen LogP contribution in [0, 0.1) is 5.82 Å². The minimum Gasteiger partial charge on any atom is -0.382 e. The Morgan fingerprint density at radius 2 is 1.68 bits per heavy atom. The molecular weight excluding hydrogens is 260 g/mol. The number of piperidine rings is 1. The maximum absolute atomic E-state index is 12.7. The Kier molecular flexibility index (Phi) is 4.29. The van der Waals surface area contributed by atoms with Crippen molar-refractivity contribution in [1.82, 2.24) is 4.90 Å². The zero-order valence-electron chi connectivity index (χ0n) is 10.4. The van der Waals surface area contributed by atoms with Crippen LogP contribution >= 0.6 is 0 Å². The van der Waals surface area contributed by atoms with E-state index in [9.17, 15) is 17.6 Å². The van der Waals surface area contributed by atoms with Crippen molar-refractivity contribution >= 4 is 5.69 Å². The van der Waals surface area contributed by atoms with Gasteiger partial charge < -0.3 is 5.32 Å². The molecule has 0 aromatic heterocycles. The van der Waals surface area contributed by atoms with Crippen LogP contribution in [-0.2, 0) is 0 Å². The molecule has 6 heteroatoms. The molecule has 0 saturated carbocycles. The van der Waals surface area contributed by atoms with Crippen LogP contribution in [0.4, 0.5) is 23.2 Å². The van der Waals surface area contributed by atoms with E-state index in [2.05, 4.69) is 5.32 Å². The summed E-state index contributed by atoms with van der Waals surface area (Å²) in [5.74, 6) is -0.300. The number of rotatable bonds is 3. The number of anilines is 1. The summed E-state index contributed by atoms with van der Waals surface area (Å²) < 4.78 is 49.4. The van der Waals surface area contributed by atoms with E-state index in [1.807, 2.05) is 0 Å². The Balaban J connectivity index is 1.79. The summed E-state index contributed by atoms with van der Waals surface area (Å²) in [5.41, 5.74) is 0.802. The van der Waals surface area contributed by atoms with Gasteiger partial charge in [-0.05, 0) is 37.1 Å². The maximum Gasteiger partial charge on any atom is 0.401 e. The van der Waals surface area contributed by atoms with Crippen molar-refractivity contribution < 1.29 is 17.6 Å². The number of benzene rings is 1. The molecule has 1 aromatic carbocycles. The van der Waals surface area contributed by atoms with Crippen LogP contribution in [0.15, 0.2) is 24.3 Å². The number of nitrogens with one attached hydrogen (secondary N) is 1. The predicted octanol–water partition coefficient (Wildman–Crippen LogP) is 3.26. The molecular formula is C13H16F4N2. The van der Waals surface area contributed by atoms with Gasteiger partial charge in [0.25, 0.3) is 0 Å². The van der Waals surface area contributed by atoms with Gasteiger partial charge in [-0.25, -0.2) is 4.39 Å². The van der Waals surface area contributed by atoms with Crippen molar-refractivity contribution in [2.75, 3.05) is 25.0 Å². The second-order valence-electron chi connectivity index (χ2n) is 4.82. The molecule has 0 radical (unpaired) electrons. The average Bonchev–Trinajstić information content (AvgIpc) is 2.33. The van der Waals surface area contributed by atoms with E-state index >= 15 is 0 Å². The third kappa shape index (κ3) is 4.70. The molecule has 0 atom stereocenters. The molecule has 2 rings (SSSR count). The van der Waals surface area contributed by atoms with Crippen molar-refractivity contribution in [1.29, 1.82) is 0 Å². The fraction of sp³-hybridized carbons (Fsp3) is 0.538. The first-order valence-corrected chi connectivity index (χ1v) is 6.23. The highest BCUT2D eigenvalue weighted by atomic mass is 19.4. The van der Waals surface area contributed by atoms with E-state index in [4.69, 9.17) is 0 Å². The van der Waals surface area contributed by atoms with Crippen molar-refractivity contribution in [3.8, 4) is 0 Å². The van der Waals surface area contributed by atoms with E-state index in [1.165, 1.54) is 17.0 Å². The number of halogens is 4. The molecule has 1 saturated heterocycles. The number of hydrogen-bond acceptors (Lipinski definition) is 2. The van der Waals surface area contributed by atoms with Gasteiger partial charge in [0.15, 0.2) is 0 Å². The van der Waals surface area contributed by atoms with Gasteiger partial charge in [0.05, 0.1) is 6.54 Å². The van der Waals surface area contributed by atoms with E-state index in [0.717, 1.165) is 5.69 Å². The highest BCUT2D eigenvalue weighted by Gasteiger charge is 2.32. The number of nitrogens with zero attached hydrogens (tertiary/aromatic N) is 1. The van der Waals surface area contributed by atoms with Gasteiger partial charge in [0.2, 0.25) is 0 Å². The summed E-state index contributed by atoms with van der Waals surface area (Å²) in [6.45, 7) is 0.0208. The van der Waals surface area contributed by atoms with E-state index in [1.54, 1.807) is 12.1 Å². The lowest BCUT2D eigenvalue weighted by molar-refractivity contribution is -0.147. The minimum absolute atomic E-state index is 0.148. The van der Waals surface area contributed by atoms with Crippen LogP contribution in [0.1, 0.15) is 12.8 Å². The summed E-state index contributed by atoms with van der Waals surface area (Å²) >= 11 is 0. The largest absolute Gasteiger partial charge is 0.401 e. The Hall–Kier alpha value is -1.30. The molecule has 0 amide bonds. The van der Waals surface area contributed by atoms with Crippen molar-refractivity contribution in [2.45, 2.75) is 25.1 Å². The van der Waals surface area contributed by atoms with Crippen LogP contribution in [0.2, 0.25) is 0 Å². The van der Waals surface area contributed by atoms with Gasteiger partial charge in [0, 0.05) is 24.8 Å². The lowest BCUT2D eigenvalue weighted by Gasteiger charge is -2.33. The quantitative estimate of drug-likeness (QED) is 0.852. The summed E-state index contributed by atoms with van der Waals surface area (Å²) in [7, 11) is 0. The minimum atomic E-state index is -4.13. The van der Waals surface area contributed by atoms with Crippen LogP contribution in [0.5, 0.6) is 0 Å². The highest BCUT2D eigenvalue weighted by Crippen LogP contribution is 2.21. The fourth-order valence-electron chi connectivity index (χ4n) is 2.27. The second kappa shape index (κ2) is 5.77. The Bertz CT molecular complexity index is 394. The third-order valence-corrected chi connectivity index (χ3v) is 3.21. The average molecular weight is 276 g/mol. The summed E-state index contributed by atoms with van der Waals surface area (Å²) in [6.07, 6.45) is -2.81. The van der Waals surface area contributed by atoms with Gasteiger partial charge in [-0.15, -0.1) is 0 Å². The van der Waals surface area contributed by atoms with E-state index in [-0.39, 0.29) is 11.9 Å². The molecule has 2 nitrogen and oxygen atoms in total. The third-order valence-electron chi connectivity index (χ3n) is 3.21. The molecule has 1 aliphatic rings. The lowest BCUT2D eigenvalue weighted by Crippen LogP contribution is -2.43. The molecule has 1 N–H and O–H groups in total. The molecule has 1 fully saturated rings. The number of likely N-dealkylation sites (tertiary alicyclic amines) is 1. The first kappa shape index (κ1) is 14.1. The van der Waals surface area contributed by atoms with Gasteiger partial charge in [-0.2, -0.15) is 13.2 Å². The molecule has 106 valence electrons. The molecule has 1 aromatic rings. The number of hydrogen-bond donors (Lipinski definition) is 1. The van der Waals surface area contributed by atoms with Crippen molar-refractivity contribution in [3.05, 3.63) is 30.1 Å². The zero-order valence-corrected chi connectivity index (χ0v) is 10.4. The van der Waals surface area contributed by atoms with Crippen LogP contribution < -0.4 is 5.32 Å². The van der Waals surface area contributed by atoms with E-state index < -0.39 is 12.7 Å². The monoisotopic (exact) mass is 276 g/mol. The fourth-order valence-corrected chi connectivity index (χ4v) is 2.27. The Morgan fingerprint density at radius 1 is 1.11 bits per heavy atom. The van der Waals surface area contributed by atoms with Gasteiger partial charge >= 0.3 is 6.18 Å². The summed E-state index contributed by atoms with van der Waals surface area (Å²) in [5, 5.41) is 3.22. The molecule has 0 unspecified atom stereocenters. The first-order valence-electron chi connectivity index (χ1n) is 6.23. The topological polar surface area (TPSA) is 15.3 Å². The van der Waals surface area contributed by atoms with Gasteiger partial charge in [0.1, 0.15) is 5.82 Å². The van der Waals surface area contributed by atoms with Gasteiger partial charge in [-0.1, -0.05) is 0 Å². The molecule has 1 aliphatic heterocycles. The predicted molar refractivity (Wildman–Crippen MR) is 65.5 cm³/mol. The molecule has 0 spiro atoms. The van der Waals surface area contributed by atoms with Gasteiger partial charge in [-0.3, -0.25) is 4.90 Å². The van der Waals surface area contributed by atoms with Crippen LogP contribution in [0.3, 0.4) is 0 Å². The molecule has 0 bridgehead atoms. The maximum atomic E-state index is 12.7. The smallest absolute Gasteiger partial charge is 0.382 e. The molecule has 19 heavy (non-hydrogen) atoms. The van der Waals surface area contributed by atoms with E-state index in [0.29, 0.717) is 25.9 Å². The van der Waals surface area contributed by atoms with Crippen molar-refractivity contribution in [2.24, 2.45) is 0 Å². The van der Waals surface area contributed by atoms with Crippen LogP contribution in [0.25, 0.3) is 0 Å². The molecule has 0 aliphatic carbocycles. The van der Waals surface area contributed by atoms with Crippen LogP contribution in [-0.4, -0.2) is 36.8 Å². The standard InChI is InChI=1S/C13H16F4N2/c14-10-1-3-11(4-2-10)18-12-5-7-19(8-6-12)9-13(15,16)17/h1-4,12,18H,5-9H2. The summed E-state index contributed by atoms with van der Waals surface area (Å²) in [6, 6.07) is 6.15. The summed E-state index contributed by atoms with van der Waals surface area (Å²) in [4.78, 5) is 1.42. The Labute approximate surface area is 109 Å². The first-order chi connectivity index (χ1) is 8.92. The normalized spacial score (nSPS) is 18.5. The van der Waals surface area contributed by atoms with Crippen molar-refractivity contribution in [3.63, 3.8) is 0 Å². The zero-order chi connectivity index (χ0) is 13.9. The SMILES string of the molecule is Fc1ccc(NC2CCN(CC(F)(F)F)CC2)cc1. The lowest BCUT2D eigenvalue weighted by atomic mass is 10.0. The number of alkyl halides is 3. The second-order valence-corrected chi connectivity index (χ2v) is 4.82. The molecule has 1 heterocycles. The Morgan fingerprint density at radius 3 is 2.21 bits per heavy atom.